The van der Waals surface area contributed by atoms with Crippen molar-refractivity contribution < 1.29 is 14.8 Å². The number of para-hydroxylation sites is 1. The van der Waals surface area contributed by atoms with Crippen LogP contribution in [0.1, 0.15) is 5.56 Å². The lowest BCUT2D eigenvalue weighted by atomic mass is 10.2. The predicted molar refractivity (Wildman–Crippen MR) is 114 cm³/mol. The van der Waals surface area contributed by atoms with Gasteiger partial charge in [-0.05, 0) is 24.3 Å². The van der Waals surface area contributed by atoms with E-state index in [-0.39, 0.29) is 24.5 Å². The topological polar surface area (TPSA) is 123 Å². The number of rotatable bonds is 7. The van der Waals surface area contributed by atoms with Crippen molar-refractivity contribution in [2.24, 2.45) is 0 Å². The number of aliphatic hydroxyl groups excluding tert-OH is 1. The molecule has 0 fully saturated rings. The van der Waals surface area contributed by atoms with Crippen LogP contribution in [0.5, 0.6) is 0 Å². The van der Waals surface area contributed by atoms with Gasteiger partial charge >= 0.3 is 0 Å². The lowest BCUT2D eigenvalue weighted by Gasteiger charge is -2.11. The molecule has 0 saturated carbocycles. The first-order valence-electron chi connectivity index (χ1n) is 9.57. The Balaban J connectivity index is 2.02. The summed E-state index contributed by atoms with van der Waals surface area (Å²) in [6, 6.07) is 16.7. The molecule has 0 spiro atoms. The van der Waals surface area contributed by atoms with Gasteiger partial charge < -0.3 is 14.4 Å². The van der Waals surface area contributed by atoms with E-state index in [9.17, 15) is 20.2 Å². The number of non-ortho nitro benzene ring substituents is 1. The van der Waals surface area contributed by atoms with Crippen LogP contribution in [0.25, 0.3) is 27.6 Å². The van der Waals surface area contributed by atoms with Gasteiger partial charge in [0.15, 0.2) is 0 Å². The van der Waals surface area contributed by atoms with E-state index < -0.39 is 10.5 Å². The number of benzene rings is 2. The van der Waals surface area contributed by atoms with Crippen LogP contribution in [0, 0.1) is 21.4 Å². The van der Waals surface area contributed by atoms with Crippen molar-refractivity contribution in [1.82, 2.24) is 9.13 Å². The maximum Gasteiger partial charge on any atom is 0.273 e. The number of hydrogen-bond donors (Lipinski definition) is 1. The number of nitrogens with zero attached hydrogens (tertiary/aromatic N) is 4. The van der Waals surface area contributed by atoms with Crippen molar-refractivity contribution in [2.75, 3.05) is 19.8 Å². The van der Waals surface area contributed by atoms with Gasteiger partial charge in [0.05, 0.1) is 41.3 Å². The van der Waals surface area contributed by atoms with Gasteiger partial charge in [0.2, 0.25) is 0 Å². The van der Waals surface area contributed by atoms with Crippen molar-refractivity contribution in [2.45, 2.75) is 6.54 Å². The number of nitriles is 1. The summed E-state index contributed by atoms with van der Waals surface area (Å²) in [5.41, 5.74) is 1.94. The predicted octanol–water partition coefficient (Wildman–Crippen LogP) is 2.73. The summed E-state index contributed by atoms with van der Waals surface area (Å²) in [6.45, 7) is 0.930. The number of nitro benzene ring substituents is 1. The van der Waals surface area contributed by atoms with Gasteiger partial charge in [-0.2, -0.15) is 5.26 Å². The van der Waals surface area contributed by atoms with E-state index in [0.717, 1.165) is 10.9 Å². The van der Waals surface area contributed by atoms with Crippen molar-refractivity contribution in [3.05, 3.63) is 80.6 Å². The molecule has 1 N–H and O–H groups in total. The molecule has 4 aromatic rings. The molecule has 0 aliphatic rings. The van der Waals surface area contributed by atoms with E-state index in [1.165, 1.54) is 28.8 Å². The van der Waals surface area contributed by atoms with E-state index in [2.05, 4.69) is 0 Å². The summed E-state index contributed by atoms with van der Waals surface area (Å²) in [6.07, 6.45) is 0. The van der Waals surface area contributed by atoms with Crippen LogP contribution in [0.3, 0.4) is 0 Å². The van der Waals surface area contributed by atoms with Crippen molar-refractivity contribution in [3.63, 3.8) is 0 Å². The normalized spacial score (nSPS) is 11.1. The first-order chi connectivity index (χ1) is 15.1. The quantitative estimate of drug-likeness (QED) is 0.280. The molecule has 2 aromatic carbocycles. The smallest absolute Gasteiger partial charge is 0.273 e. The van der Waals surface area contributed by atoms with E-state index in [4.69, 9.17) is 9.84 Å². The molecule has 9 nitrogen and oxygen atoms in total. The van der Waals surface area contributed by atoms with Crippen LogP contribution in [-0.4, -0.2) is 39.0 Å². The molecule has 4 rings (SSSR count). The summed E-state index contributed by atoms with van der Waals surface area (Å²) in [5, 5.41) is 30.3. The van der Waals surface area contributed by atoms with Gasteiger partial charge in [-0.3, -0.25) is 19.5 Å². The molecular weight excluding hydrogens is 400 g/mol. The van der Waals surface area contributed by atoms with E-state index in [1.807, 2.05) is 34.9 Å². The van der Waals surface area contributed by atoms with Gasteiger partial charge in [0, 0.05) is 29.8 Å². The first-order valence-corrected chi connectivity index (χ1v) is 9.57. The number of hydrogen-bond acceptors (Lipinski definition) is 6. The second-order valence-corrected chi connectivity index (χ2v) is 6.82. The lowest BCUT2D eigenvalue weighted by Crippen LogP contribution is -2.21. The summed E-state index contributed by atoms with van der Waals surface area (Å²) < 4.78 is 8.80. The maximum absolute atomic E-state index is 13.1. The molecule has 0 bridgehead atoms. The number of pyridine rings is 1. The second-order valence-electron chi connectivity index (χ2n) is 6.82. The van der Waals surface area contributed by atoms with Crippen LogP contribution >= 0.6 is 0 Å². The minimum absolute atomic E-state index is 0.0359. The number of ether oxygens (including phenoxy) is 1. The summed E-state index contributed by atoms with van der Waals surface area (Å²) in [4.78, 5) is 23.6. The molecule has 9 heteroatoms. The van der Waals surface area contributed by atoms with Gasteiger partial charge in [0.25, 0.3) is 11.2 Å². The molecule has 156 valence electrons. The fourth-order valence-corrected chi connectivity index (χ4v) is 3.72. The van der Waals surface area contributed by atoms with Crippen LogP contribution < -0.4 is 5.56 Å². The highest BCUT2D eigenvalue weighted by atomic mass is 16.6. The fourth-order valence-electron chi connectivity index (χ4n) is 3.72. The molecular formula is C22H18N4O5. The number of nitro groups is 1. The third-order valence-electron chi connectivity index (χ3n) is 5.06. The largest absolute Gasteiger partial charge is 0.394 e. The van der Waals surface area contributed by atoms with Gasteiger partial charge in [-0.1, -0.05) is 18.2 Å². The average molecular weight is 418 g/mol. The molecule has 0 amide bonds. The second kappa shape index (κ2) is 8.39. The highest BCUT2D eigenvalue weighted by Crippen LogP contribution is 2.30. The molecule has 0 radical (unpaired) electrons. The third-order valence-corrected chi connectivity index (χ3v) is 5.06. The molecule has 2 heterocycles. The van der Waals surface area contributed by atoms with Crippen molar-refractivity contribution in [1.29, 1.82) is 5.26 Å². The minimum Gasteiger partial charge on any atom is -0.394 e. The Morgan fingerprint density at radius 3 is 2.52 bits per heavy atom. The van der Waals surface area contributed by atoms with Crippen molar-refractivity contribution in [3.8, 4) is 11.8 Å². The summed E-state index contributed by atoms with van der Waals surface area (Å²) in [7, 11) is 0. The van der Waals surface area contributed by atoms with Gasteiger partial charge in [-0.15, -0.1) is 0 Å². The Bertz CT molecular complexity index is 1380. The molecule has 0 saturated heterocycles. The minimum atomic E-state index is -0.508. The summed E-state index contributed by atoms with van der Waals surface area (Å²) in [5.74, 6) is 0. The monoisotopic (exact) mass is 418 g/mol. The van der Waals surface area contributed by atoms with E-state index in [1.54, 1.807) is 6.07 Å². The molecule has 2 aromatic heterocycles. The van der Waals surface area contributed by atoms with Crippen molar-refractivity contribution >= 4 is 27.6 Å². The molecule has 0 atom stereocenters. The summed E-state index contributed by atoms with van der Waals surface area (Å²) >= 11 is 0. The SMILES string of the molecule is N#Cc1cc2c(c3ccccc3n2CCOCCO)n(-c2ccc([N+](=O)[O-])cc2)c1=O. The Morgan fingerprint density at radius 2 is 1.84 bits per heavy atom. The number of fused-ring (bicyclic) bond motifs is 3. The van der Waals surface area contributed by atoms with E-state index in [0.29, 0.717) is 29.9 Å². The Labute approximate surface area is 176 Å². The molecule has 0 aliphatic heterocycles. The zero-order valence-electron chi connectivity index (χ0n) is 16.4. The highest BCUT2D eigenvalue weighted by Gasteiger charge is 2.19. The van der Waals surface area contributed by atoms with Gasteiger partial charge in [-0.25, -0.2) is 0 Å². The standard InChI is InChI=1S/C22H18N4O5/c23-14-15-13-20-21(25(22(15)28)16-5-7-17(8-6-16)26(29)30)18-3-1-2-4-19(18)24(20)9-11-31-12-10-27/h1-8,13,27H,9-12H2. The first kappa shape index (κ1) is 20.3. The highest BCUT2D eigenvalue weighted by molar-refractivity contribution is 6.07. The molecule has 0 aliphatic carbocycles. The fraction of sp³-hybridized carbons (Fsp3) is 0.182. The molecule has 0 unspecified atom stereocenters. The van der Waals surface area contributed by atoms with Crippen LogP contribution in [0.4, 0.5) is 5.69 Å². The third kappa shape index (κ3) is 3.54. The Morgan fingerprint density at radius 1 is 1.10 bits per heavy atom. The Hall–Kier alpha value is -4.00. The zero-order valence-corrected chi connectivity index (χ0v) is 16.4. The average Bonchev–Trinajstić information content (AvgIpc) is 3.09. The number of aliphatic hydroxyl groups is 1. The van der Waals surface area contributed by atoms with Crippen LogP contribution in [-0.2, 0) is 11.3 Å². The maximum atomic E-state index is 13.1. The van der Waals surface area contributed by atoms with Gasteiger partial charge in [0.1, 0.15) is 11.6 Å². The Kier molecular flexibility index (Phi) is 5.49. The molecule has 31 heavy (non-hydrogen) atoms. The zero-order chi connectivity index (χ0) is 22.0. The van der Waals surface area contributed by atoms with E-state index >= 15 is 0 Å². The number of aromatic nitrogens is 2. The van der Waals surface area contributed by atoms with Crippen LogP contribution in [0.15, 0.2) is 59.4 Å². The van der Waals surface area contributed by atoms with Crippen LogP contribution in [0.2, 0.25) is 0 Å². The lowest BCUT2D eigenvalue weighted by molar-refractivity contribution is -0.384.